The van der Waals surface area contributed by atoms with Gasteiger partial charge in [0.2, 0.25) is 0 Å². The van der Waals surface area contributed by atoms with Crippen molar-refractivity contribution in [2.24, 2.45) is 0 Å². The van der Waals surface area contributed by atoms with Gasteiger partial charge in [0, 0.05) is 0 Å². The van der Waals surface area contributed by atoms with Crippen LogP contribution in [0.1, 0.15) is 17.3 Å². The number of amides is 1. The smallest absolute Gasteiger partial charge is 0.325 e. The molecule has 1 atom stereocenters. The number of aliphatic carboxylic acids is 1. The number of carboxylic acids is 1. The second-order valence-electron chi connectivity index (χ2n) is 3.13. The Morgan fingerprint density at radius 3 is 2.69 bits per heavy atom. The van der Waals surface area contributed by atoms with E-state index >= 15 is 0 Å². The van der Waals surface area contributed by atoms with Crippen molar-refractivity contribution in [2.75, 3.05) is 0 Å². The van der Waals surface area contributed by atoms with E-state index in [1.807, 2.05) is 0 Å². The highest BCUT2D eigenvalue weighted by atomic mass is 35.5. The number of halogens is 2. The maximum atomic E-state index is 13.0. The Morgan fingerprint density at radius 1 is 1.50 bits per heavy atom. The number of hydrogen-bond acceptors (Lipinski definition) is 2. The van der Waals surface area contributed by atoms with Crippen molar-refractivity contribution in [3.05, 3.63) is 34.6 Å². The molecule has 0 saturated carbocycles. The van der Waals surface area contributed by atoms with Gasteiger partial charge in [0.05, 0.1) is 10.6 Å². The molecule has 4 nitrogen and oxygen atoms in total. The van der Waals surface area contributed by atoms with Crippen LogP contribution in [0.2, 0.25) is 5.02 Å². The normalized spacial score (nSPS) is 11.9. The van der Waals surface area contributed by atoms with Crippen LogP contribution in [0.5, 0.6) is 0 Å². The molecule has 0 aliphatic rings. The van der Waals surface area contributed by atoms with Crippen LogP contribution in [0.15, 0.2) is 18.2 Å². The van der Waals surface area contributed by atoms with Gasteiger partial charge in [-0.25, -0.2) is 4.39 Å². The molecule has 1 amide bonds. The summed E-state index contributed by atoms with van der Waals surface area (Å²) in [6.07, 6.45) is 0. The molecule has 16 heavy (non-hydrogen) atoms. The molecule has 0 spiro atoms. The Morgan fingerprint density at radius 2 is 2.12 bits per heavy atom. The summed E-state index contributed by atoms with van der Waals surface area (Å²) in [5.41, 5.74) is -0.0882. The summed E-state index contributed by atoms with van der Waals surface area (Å²) in [6.45, 7) is 1.30. The fourth-order valence-electron chi connectivity index (χ4n) is 1.02. The molecular weight excluding hydrogens is 237 g/mol. The lowest BCUT2D eigenvalue weighted by Crippen LogP contribution is -2.38. The highest BCUT2D eigenvalue weighted by Gasteiger charge is 2.18. The summed E-state index contributed by atoms with van der Waals surface area (Å²) < 4.78 is 13.0. The standard InChI is InChI=1S/C10H9ClFNO3/c1-5(10(15)16)13-9(14)6-3-2-4-7(12)8(6)11/h2-5H,1H3,(H,13,14)(H,15,16)/t5-/m1/s1. The van der Waals surface area contributed by atoms with Crippen LogP contribution in [0.4, 0.5) is 4.39 Å². The molecule has 1 aromatic rings. The van der Waals surface area contributed by atoms with Gasteiger partial charge in [0.15, 0.2) is 0 Å². The first kappa shape index (κ1) is 12.4. The van der Waals surface area contributed by atoms with Crippen molar-refractivity contribution in [1.29, 1.82) is 0 Å². The lowest BCUT2D eigenvalue weighted by Gasteiger charge is -2.10. The molecule has 0 saturated heterocycles. The van der Waals surface area contributed by atoms with E-state index in [9.17, 15) is 14.0 Å². The largest absolute Gasteiger partial charge is 0.480 e. The maximum Gasteiger partial charge on any atom is 0.325 e. The fourth-order valence-corrected chi connectivity index (χ4v) is 1.23. The summed E-state index contributed by atoms with van der Waals surface area (Å²) in [5, 5.41) is 10.4. The Kier molecular flexibility index (Phi) is 3.84. The second-order valence-corrected chi connectivity index (χ2v) is 3.51. The fraction of sp³-hybridized carbons (Fsp3) is 0.200. The summed E-state index contributed by atoms with van der Waals surface area (Å²) in [4.78, 5) is 22.0. The molecule has 0 radical (unpaired) electrons. The predicted octanol–water partition coefficient (Wildman–Crippen LogP) is 1.68. The predicted molar refractivity (Wildman–Crippen MR) is 56.0 cm³/mol. The molecule has 0 aliphatic carbocycles. The Hall–Kier alpha value is -1.62. The summed E-state index contributed by atoms with van der Waals surface area (Å²) >= 11 is 5.57. The Balaban J connectivity index is 2.89. The van der Waals surface area contributed by atoms with Gasteiger partial charge in [0.1, 0.15) is 11.9 Å². The SMILES string of the molecule is C[C@@H](NC(=O)c1cccc(F)c1Cl)C(=O)O. The van der Waals surface area contributed by atoms with Crippen LogP contribution < -0.4 is 5.32 Å². The van der Waals surface area contributed by atoms with Crippen LogP contribution in [-0.2, 0) is 4.79 Å². The number of carbonyl (C=O) groups excluding carboxylic acids is 1. The average molecular weight is 246 g/mol. The van der Waals surface area contributed by atoms with Crippen LogP contribution in [0, 0.1) is 5.82 Å². The third kappa shape index (κ3) is 2.70. The number of hydrogen-bond donors (Lipinski definition) is 2. The van der Waals surface area contributed by atoms with Gasteiger partial charge in [0.25, 0.3) is 5.91 Å². The second kappa shape index (κ2) is 4.94. The minimum atomic E-state index is -1.18. The van der Waals surface area contributed by atoms with Crippen LogP contribution >= 0.6 is 11.6 Å². The minimum Gasteiger partial charge on any atom is -0.480 e. The molecule has 2 N–H and O–H groups in total. The monoisotopic (exact) mass is 245 g/mol. The van der Waals surface area contributed by atoms with E-state index in [1.165, 1.54) is 19.1 Å². The average Bonchev–Trinajstić information content (AvgIpc) is 2.21. The van der Waals surface area contributed by atoms with Crippen molar-refractivity contribution in [3.63, 3.8) is 0 Å². The summed E-state index contributed by atoms with van der Waals surface area (Å²) in [6, 6.07) is 2.68. The topological polar surface area (TPSA) is 66.4 Å². The van der Waals surface area contributed by atoms with E-state index in [-0.39, 0.29) is 10.6 Å². The van der Waals surface area contributed by atoms with Crippen molar-refractivity contribution in [3.8, 4) is 0 Å². The first-order chi connectivity index (χ1) is 7.43. The van der Waals surface area contributed by atoms with Crippen molar-refractivity contribution in [1.82, 2.24) is 5.32 Å². The minimum absolute atomic E-state index is 0.0882. The van der Waals surface area contributed by atoms with Gasteiger partial charge in [-0.05, 0) is 19.1 Å². The molecule has 0 heterocycles. The van der Waals surface area contributed by atoms with Gasteiger partial charge in [-0.1, -0.05) is 17.7 Å². The third-order valence-corrected chi connectivity index (χ3v) is 2.30. The molecule has 0 unspecified atom stereocenters. The highest BCUT2D eigenvalue weighted by molar-refractivity contribution is 6.34. The highest BCUT2D eigenvalue weighted by Crippen LogP contribution is 2.19. The lowest BCUT2D eigenvalue weighted by atomic mass is 10.2. The van der Waals surface area contributed by atoms with E-state index in [1.54, 1.807) is 0 Å². The van der Waals surface area contributed by atoms with Gasteiger partial charge < -0.3 is 10.4 Å². The van der Waals surface area contributed by atoms with Crippen LogP contribution in [-0.4, -0.2) is 23.0 Å². The number of benzene rings is 1. The van der Waals surface area contributed by atoms with Crippen LogP contribution in [0.25, 0.3) is 0 Å². The number of nitrogens with one attached hydrogen (secondary N) is 1. The molecule has 0 aliphatic heterocycles. The molecule has 0 fully saturated rings. The zero-order valence-electron chi connectivity index (χ0n) is 8.33. The van der Waals surface area contributed by atoms with E-state index in [2.05, 4.69) is 5.32 Å². The zero-order valence-corrected chi connectivity index (χ0v) is 9.08. The van der Waals surface area contributed by atoms with Gasteiger partial charge in [-0.3, -0.25) is 9.59 Å². The first-order valence-corrected chi connectivity index (χ1v) is 4.79. The molecular formula is C10H9ClFNO3. The Labute approximate surface area is 96.0 Å². The van der Waals surface area contributed by atoms with Gasteiger partial charge in [-0.2, -0.15) is 0 Å². The molecule has 6 heteroatoms. The molecule has 1 aromatic carbocycles. The lowest BCUT2D eigenvalue weighted by molar-refractivity contribution is -0.138. The van der Waals surface area contributed by atoms with Crippen molar-refractivity contribution < 1.29 is 19.1 Å². The molecule has 0 aromatic heterocycles. The first-order valence-electron chi connectivity index (χ1n) is 4.41. The van der Waals surface area contributed by atoms with E-state index < -0.39 is 23.7 Å². The quantitative estimate of drug-likeness (QED) is 0.852. The van der Waals surface area contributed by atoms with Crippen molar-refractivity contribution >= 4 is 23.5 Å². The van der Waals surface area contributed by atoms with Gasteiger partial charge in [-0.15, -0.1) is 0 Å². The summed E-state index contributed by atoms with van der Waals surface area (Å²) in [7, 11) is 0. The number of carboxylic acid groups (broad SMARTS) is 1. The maximum absolute atomic E-state index is 13.0. The van der Waals surface area contributed by atoms with E-state index in [0.717, 1.165) is 6.07 Å². The molecule has 86 valence electrons. The number of rotatable bonds is 3. The van der Waals surface area contributed by atoms with E-state index in [0.29, 0.717) is 0 Å². The third-order valence-electron chi connectivity index (χ3n) is 1.91. The summed E-state index contributed by atoms with van der Waals surface area (Å²) in [5.74, 6) is -2.63. The van der Waals surface area contributed by atoms with E-state index in [4.69, 9.17) is 16.7 Å². The Bertz CT molecular complexity index is 436. The molecule has 1 rings (SSSR count). The van der Waals surface area contributed by atoms with Crippen LogP contribution in [0.3, 0.4) is 0 Å². The zero-order chi connectivity index (χ0) is 12.3. The van der Waals surface area contributed by atoms with Gasteiger partial charge >= 0.3 is 5.97 Å². The van der Waals surface area contributed by atoms with Crippen molar-refractivity contribution in [2.45, 2.75) is 13.0 Å². The molecule has 0 bridgehead atoms. The number of carbonyl (C=O) groups is 2.